The lowest BCUT2D eigenvalue weighted by molar-refractivity contribution is 0.508. The van der Waals surface area contributed by atoms with E-state index in [1.54, 1.807) is 0 Å². The first-order valence-corrected chi connectivity index (χ1v) is 4.51. The second-order valence-corrected chi connectivity index (χ2v) is 4.29. The minimum absolute atomic E-state index is 0.110. The maximum Gasteiger partial charge on any atom is 0.103 e. The van der Waals surface area contributed by atoms with E-state index in [0.717, 1.165) is 12.8 Å². The van der Waals surface area contributed by atoms with Crippen LogP contribution in [0, 0.1) is 5.41 Å². The molecule has 0 saturated heterocycles. The van der Waals surface area contributed by atoms with Crippen LogP contribution in [0.4, 0.5) is 0 Å². The van der Waals surface area contributed by atoms with E-state index in [4.69, 9.17) is 23.2 Å². The molecule has 1 unspecified atom stereocenters. The molecule has 11 heavy (non-hydrogen) atoms. The molecule has 0 N–H and O–H groups in total. The number of hydrogen-bond donors (Lipinski definition) is 0. The van der Waals surface area contributed by atoms with Crippen LogP contribution in [0.1, 0.15) is 26.7 Å². The smallest absolute Gasteiger partial charge is 0.0847 e. The molecule has 0 nitrogen and oxygen atoms in total. The zero-order valence-electron chi connectivity index (χ0n) is 6.82. The van der Waals surface area contributed by atoms with Gasteiger partial charge in [-0.2, -0.15) is 0 Å². The van der Waals surface area contributed by atoms with Crippen LogP contribution < -0.4 is 0 Å². The molecule has 0 aromatic rings. The van der Waals surface area contributed by atoms with Gasteiger partial charge in [0.2, 0.25) is 0 Å². The van der Waals surface area contributed by atoms with Crippen molar-refractivity contribution in [3.63, 3.8) is 0 Å². The molecule has 0 aromatic heterocycles. The fourth-order valence-electron chi connectivity index (χ4n) is 1.45. The Bertz CT molecular complexity index is 212. The SMILES string of the molecule is CC1=CCCC1(C)C=C(Cl)Cl. The van der Waals surface area contributed by atoms with Gasteiger partial charge in [-0.1, -0.05) is 41.8 Å². The van der Waals surface area contributed by atoms with Crippen molar-refractivity contribution in [2.75, 3.05) is 0 Å². The third-order valence-electron chi connectivity index (χ3n) is 2.44. The van der Waals surface area contributed by atoms with Crippen LogP contribution in [0.15, 0.2) is 22.2 Å². The first-order valence-electron chi connectivity index (χ1n) is 3.76. The molecule has 0 bridgehead atoms. The van der Waals surface area contributed by atoms with Crippen molar-refractivity contribution >= 4 is 23.2 Å². The Kier molecular flexibility index (Phi) is 2.66. The van der Waals surface area contributed by atoms with Gasteiger partial charge in [-0.15, -0.1) is 0 Å². The summed E-state index contributed by atoms with van der Waals surface area (Å²) in [4.78, 5) is 0. The summed E-state index contributed by atoms with van der Waals surface area (Å²) in [6, 6.07) is 0. The number of hydrogen-bond acceptors (Lipinski definition) is 0. The Morgan fingerprint density at radius 3 is 2.64 bits per heavy atom. The van der Waals surface area contributed by atoms with Gasteiger partial charge in [0, 0.05) is 5.41 Å². The molecular weight excluding hydrogens is 179 g/mol. The predicted octanol–water partition coefficient (Wildman–Crippen LogP) is 4.05. The first kappa shape index (κ1) is 9.15. The Morgan fingerprint density at radius 1 is 1.64 bits per heavy atom. The topological polar surface area (TPSA) is 0 Å². The highest BCUT2D eigenvalue weighted by atomic mass is 35.5. The fourth-order valence-corrected chi connectivity index (χ4v) is 1.93. The quantitative estimate of drug-likeness (QED) is 0.548. The molecule has 0 amide bonds. The second kappa shape index (κ2) is 3.20. The zero-order chi connectivity index (χ0) is 8.48. The molecule has 0 radical (unpaired) electrons. The van der Waals surface area contributed by atoms with Gasteiger partial charge in [-0.05, 0) is 25.8 Å². The Balaban J connectivity index is 2.84. The number of allylic oxidation sites excluding steroid dienone is 3. The third-order valence-corrected chi connectivity index (χ3v) is 2.66. The van der Waals surface area contributed by atoms with E-state index in [0.29, 0.717) is 4.49 Å². The van der Waals surface area contributed by atoms with E-state index in [1.807, 2.05) is 6.08 Å². The normalized spacial score (nSPS) is 30.0. The van der Waals surface area contributed by atoms with Crippen LogP contribution in [0.5, 0.6) is 0 Å². The van der Waals surface area contributed by atoms with Gasteiger partial charge >= 0.3 is 0 Å². The zero-order valence-corrected chi connectivity index (χ0v) is 8.34. The summed E-state index contributed by atoms with van der Waals surface area (Å²) in [6.07, 6.45) is 6.43. The Labute approximate surface area is 77.9 Å². The molecule has 0 spiro atoms. The fraction of sp³-hybridized carbons (Fsp3) is 0.556. The summed E-state index contributed by atoms with van der Waals surface area (Å²) < 4.78 is 0.377. The van der Waals surface area contributed by atoms with Gasteiger partial charge in [0.15, 0.2) is 0 Å². The van der Waals surface area contributed by atoms with Gasteiger partial charge in [0.1, 0.15) is 4.49 Å². The van der Waals surface area contributed by atoms with Crippen LogP contribution >= 0.6 is 23.2 Å². The van der Waals surface area contributed by atoms with Crippen molar-refractivity contribution in [1.29, 1.82) is 0 Å². The van der Waals surface area contributed by atoms with E-state index in [2.05, 4.69) is 19.9 Å². The van der Waals surface area contributed by atoms with Crippen LogP contribution in [0.25, 0.3) is 0 Å². The number of rotatable bonds is 1. The van der Waals surface area contributed by atoms with Crippen molar-refractivity contribution < 1.29 is 0 Å². The molecule has 1 aliphatic rings. The molecule has 0 aliphatic heterocycles. The first-order chi connectivity index (χ1) is 5.04. The lowest BCUT2D eigenvalue weighted by Crippen LogP contribution is -2.09. The van der Waals surface area contributed by atoms with Crippen molar-refractivity contribution in [2.24, 2.45) is 5.41 Å². The van der Waals surface area contributed by atoms with Crippen LogP contribution in [0.2, 0.25) is 0 Å². The van der Waals surface area contributed by atoms with Crippen LogP contribution in [0.3, 0.4) is 0 Å². The summed E-state index contributed by atoms with van der Waals surface area (Å²) in [5, 5.41) is 0. The average molecular weight is 191 g/mol. The highest BCUT2D eigenvalue weighted by Gasteiger charge is 2.27. The summed E-state index contributed by atoms with van der Waals surface area (Å²) in [5.74, 6) is 0. The van der Waals surface area contributed by atoms with Gasteiger partial charge in [-0.25, -0.2) is 0 Å². The molecule has 1 aliphatic carbocycles. The van der Waals surface area contributed by atoms with Crippen LogP contribution in [-0.2, 0) is 0 Å². The van der Waals surface area contributed by atoms with E-state index < -0.39 is 0 Å². The maximum absolute atomic E-state index is 5.61. The van der Waals surface area contributed by atoms with Gasteiger partial charge in [0.05, 0.1) is 0 Å². The monoisotopic (exact) mass is 190 g/mol. The van der Waals surface area contributed by atoms with E-state index in [-0.39, 0.29) is 5.41 Å². The minimum Gasteiger partial charge on any atom is -0.0847 e. The van der Waals surface area contributed by atoms with Gasteiger partial charge in [0.25, 0.3) is 0 Å². The molecular formula is C9H12Cl2. The lowest BCUT2D eigenvalue weighted by Gasteiger charge is -2.21. The summed E-state index contributed by atoms with van der Waals surface area (Å²) in [7, 11) is 0. The number of halogens is 2. The van der Waals surface area contributed by atoms with E-state index in [9.17, 15) is 0 Å². The largest absolute Gasteiger partial charge is 0.103 e. The molecule has 2 heteroatoms. The summed E-state index contributed by atoms with van der Waals surface area (Å²) >= 11 is 11.2. The van der Waals surface area contributed by atoms with Gasteiger partial charge < -0.3 is 0 Å². The van der Waals surface area contributed by atoms with Crippen molar-refractivity contribution in [3.8, 4) is 0 Å². The molecule has 62 valence electrons. The van der Waals surface area contributed by atoms with Crippen molar-refractivity contribution in [3.05, 3.63) is 22.2 Å². The summed E-state index contributed by atoms with van der Waals surface area (Å²) in [5.41, 5.74) is 1.48. The average Bonchev–Trinajstić information content (AvgIpc) is 2.11. The molecule has 0 fully saturated rings. The molecule has 0 saturated carbocycles. The maximum atomic E-state index is 5.61. The van der Waals surface area contributed by atoms with Crippen molar-refractivity contribution in [1.82, 2.24) is 0 Å². The second-order valence-electron chi connectivity index (χ2n) is 3.28. The highest BCUT2D eigenvalue weighted by Crippen LogP contribution is 2.41. The van der Waals surface area contributed by atoms with E-state index >= 15 is 0 Å². The van der Waals surface area contributed by atoms with E-state index in [1.165, 1.54) is 5.57 Å². The van der Waals surface area contributed by atoms with Crippen molar-refractivity contribution in [2.45, 2.75) is 26.7 Å². The lowest BCUT2D eigenvalue weighted by atomic mass is 9.84. The molecule has 0 heterocycles. The third kappa shape index (κ3) is 2.00. The highest BCUT2D eigenvalue weighted by molar-refractivity contribution is 6.55. The summed E-state index contributed by atoms with van der Waals surface area (Å²) in [6.45, 7) is 4.29. The minimum atomic E-state index is 0.110. The Hall–Kier alpha value is 0.0600. The Morgan fingerprint density at radius 2 is 2.27 bits per heavy atom. The van der Waals surface area contributed by atoms with Gasteiger partial charge in [-0.3, -0.25) is 0 Å². The predicted molar refractivity (Wildman–Crippen MR) is 50.9 cm³/mol. The molecule has 0 aromatic carbocycles. The van der Waals surface area contributed by atoms with Crippen LogP contribution in [-0.4, -0.2) is 0 Å². The standard InChI is InChI=1S/C9H12Cl2/c1-7-4-3-5-9(7,2)6-8(10)11/h4,6H,3,5H2,1-2H3. The molecule has 1 rings (SSSR count). The molecule has 1 atom stereocenters.